The zero-order valence-corrected chi connectivity index (χ0v) is 13.5. The number of rotatable bonds is 2. The smallest absolute Gasteiger partial charge is 0.268 e. The van der Waals surface area contributed by atoms with Gasteiger partial charge in [0.15, 0.2) is 0 Å². The summed E-state index contributed by atoms with van der Waals surface area (Å²) < 4.78 is 13.7. The lowest BCUT2D eigenvalue weighted by atomic mass is 10.1. The highest BCUT2D eigenvalue weighted by molar-refractivity contribution is 8.19. The zero-order chi connectivity index (χ0) is 16.6. The first-order valence-electron chi connectivity index (χ1n) is 7.07. The topological polar surface area (TPSA) is 37.4 Å². The molecule has 0 spiro atoms. The van der Waals surface area contributed by atoms with Crippen molar-refractivity contribution in [2.45, 2.75) is 13.8 Å². The van der Waals surface area contributed by atoms with Crippen molar-refractivity contribution >= 4 is 34.7 Å². The van der Waals surface area contributed by atoms with E-state index in [0.717, 1.165) is 27.8 Å². The summed E-state index contributed by atoms with van der Waals surface area (Å²) in [7, 11) is 0. The van der Waals surface area contributed by atoms with Gasteiger partial charge in [-0.1, -0.05) is 35.9 Å². The molecule has 2 aromatic carbocycles. The SMILES string of the molecule is Cc1ccc(N2C(=O)S/C(=C\c3ccccc3F)C2=O)c(C)c1. The number of nitrogens with zero attached hydrogens (tertiary/aromatic N) is 1. The molecule has 1 fully saturated rings. The summed E-state index contributed by atoms with van der Waals surface area (Å²) in [5, 5.41) is -0.371. The van der Waals surface area contributed by atoms with Crippen LogP contribution in [0.15, 0.2) is 47.4 Å². The fraction of sp³-hybridized carbons (Fsp3) is 0.111. The molecule has 116 valence electrons. The maximum Gasteiger partial charge on any atom is 0.298 e. The van der Waals surface area contributed by atoms with E-state index in [1.54, 1.807) is 24.3 Å². The highest BCUT2D eigenvalue weighted by atomic mass is 32.2. The lowest BCUT2D eigenvalue weighted by Gasteiger charge is -2.15. The Balaban J connectivity index is 1.99. The van der Waals surface area contributed by atoms with E-state index in [1.165, 1.54) is 12.1 Å². The van der Waals surface area contributed by atoms with Crippen molar-refractivity contribution in [3.63, 3.8) is 0 Å². The van der Waals surface area contributed by atoms with Crippen LogP contribution in [0.2, 0.25) is 0 Å². The number of anilines is 1. The predicted molar refractivity (Wildman–Crippen MR) is 90.8 cm³/mol. The van der Waals surface area contributed by atoms with Crippen molar-refractivity contribution in [1.82, 2.24) is 0 Å². The first-order chi connectivity index (χ1) is 11.0. The standard InChI is InChI=1S/C18H14FNO2S/c1-11-7-8-15(12(2)9-11)20-17(21)16(23-18(20)22)10-13-5-3-4-6-14(13)19/h3-10H,1-2H3/b16-10-. The van der Waals surface area contributed by atoms with E-state index in [0.29, 0.717) is 11.3 Å². The Morgan fingerprint density at radius 3 is 2.52 bits per heavy atom. The minimum absolute atomic E-state index is 0.222. The fourth-order valence-electron chi connectivity index (χ4n) is 2.47. The Kier molecular flexibility index (Phi) is 4.05. The van der Waals surface area contributed by atoms with Crippen molar-refractivity contribution in [2.24, 2.45) is 0 Å². The number of benzene rings is 2. The molecule has 0 unspecified atom stereocenters. The maximum absolute atomic E-state index is 13.7. The third-order valence-electron chi connectivity index (χ3n) is 3.58. The van der Waals surface area contributed by atoms with Crippen molar-refractivity contribution in [3.8, 4) is 0 Å². The van der Waals surface area contributed by atoms with Gasteiger partial charge >= 0.3 is 0 Å². The number of imide groups is 1. The summed E-state index contributed by atoms with van der Waals surface area (Å²) in [6.45, 7) is 3.80. The molecule has 1 aliphatic rings. The van der Waals surface area contributed by atoms with Crippen molar-refractivity contribution < 1.29 is 14.0 Å². The largest absolute Gasteiger partial charge is 0.298 e. The van der Waals surface area contributed by atoms with Crippen LogP contribution >= 0.6 is 11.8 Å². The van der Waals surface area contributed by atoms with Gasteiger partial charge in [0.1, 0.15) is 5.82 Å². The van der Waals surface area contributed by atoms with Crippen LogP contribution in [0.1, 0.15) is 16.7 Å². The maximum atomic E-state index is 13.7. The first kappa shape index (κ1) is 15.5. The van der Waals surface area contributed by atoms with E-state index in [4.69, 9.17) is 0 Å². The van der Waals surface area contributed by atoms with E-state index in [2.05, 4.69) is 0 Å². The van der Waals surface area contributed by atoms with Gasteiger partial charge in [0.2, 0.25) is 0 Å². The number of hydrogen-bond acceptors (Lipinski definition) is 3. The normalized spacial score (nSPS) is 16.5. The van der Waals surface area contributed by atoms with E-state index in [-0.39, 0.29) is 10.1 Å². The summed E-state index contributed by atoms with van der Waals surface area (Å²) in [6, 6.07) is 11.7. The average molecular weight is 327 g/mol. The molecule has 0 saturated carbocycles. The summed E-state index contributed by atoms with van der Waals surface area (Å²) >= 11 is 0.825. The van der Waals surface area contributed by atoms with E-state index < -0.39 is 11.7 Å². The van der Waals surface area contributed by atoms with E-state index in [1.807, 2.05) is 26.0 Å². The van der Waals surface area contributed by atoms with Gasteiger partial charge in [-0.05, 0) is 49.4 Å². The van der Waals surface area contributed by atoms with Gasteiger partial charge in [-0.2, -0.15) is 0 Å². The average Bonchev–Trinajstić information content (AvgIpc) is 2.77. The molecule has 0 radical (unpaired) electrons. The van der Waals surface area contributed by atoms with Crippen LogP contribution in [0.25, 0.3) is 6.08 Å². The Morgan fingerprint density at radius 2 is 1.83 bits per heavy atom. The zero-order valence-electron chi connectivity index (χ0n) is 12.7. The van der Waals surface area contributed by atoms with Crippen LogP contribution in [0.4, 0.5) is 14.9 Å². The number of thioether (sulfide) groups is 1. The van der Waals surface area contributed by atoms with Crippen molar-refractivity contribution in [1.29, 1.82) is 0 Å². The summed E-state index contributed by atoms with van der Waals surface area (Å²) in [6.07, 6.45) is 1.42. The van der Waals surface area contributed by atoms with Gasteiger partial charge in [0.25, 0.3) is 11.1 Å². The second kappa shape index (κ2) is 6.01. The fourth-order valence-corrected chi connectivity index (χ4v) is 3.29. The first-order valence-corrected chi connectivity index (χ1v) is 7.89. The van der Waals surface area contributed by atoms with Gasteiger partial charge in [-0.25, -0.2) is 9.29 Å². The molecule has 1 saturated heterocycles. The molecule has 0 N–H and O–H groups in total. The number of halogens is 1. The molecule has 0 bridgehead atoms. The lowest BCUT2D eigenvalue weighted by molar-refractivity contribution is -0.113. The summed E-state index contributed by atoms with van der Waals surface area (Å²) in [4.78, 5) is 26.2. The number of amides is 2. The quantitative estimate of drug-likeness (QED) is 0.751. The minimum atomic E-state index is -0.425. The number of hydrogen-bond donors (Lipinski definition) is 0. The molecule has 1 heterocycles. The molecule has 1 aliphatic heterocycles. The van der Waals surface area contributed by atoms with Gasteiger partial charge in [0.05, 0.1) is 10.6 Å². The van der Waals surface area contributed by atoms with Crippen LogP contribution < -0.4 is 4.90 Å². The van der Waals surface area contributed by atoms with Crippen LogP contribution in [0, 0.1) is 19.7 Å². The molecule has 0 atom stereocenters. The molecule has 3 rings (SSSR count). The molecule has 2 aromatic rings. The lowest BCUT2D eigenvalue weighted by Crippen LogP contribution is -2.28. The number of carbonyl (C=O) groups excluding carboxylic acids is 2. The molecular formula is C18H14FNO2S. The van der Waals surface area contributed by atoms with Crippen molar-refractivity contribution in [3.05, 3.63) is 69.9 Å². The van der Waals surface area contributed by atoms with Crippen LogP contribution in [-0.2, 0) is 4.79 Å². The second-order valence-electron chi connectivity index (χ2n) is 5.33. The van der Waals surface area contributed by atoms with E-state index in [9.17, 15) is 14.0 Å². The third-order valence-corrected chi connectivity index (χ3v) is 4.45. The molecule has 23 heavy (non-hydrogen) atoms. The molecule has 2 amide bonds. The van der Waals surface area contributed by atoms with Gasteiger partial charge in [-0.15, -0.1) is 0 Å². The molecule has 3 nitrogen and oxygen atoms in total. The van der Waals surface area contributed by atoms with Gasteiger partial charge in [-0.3, -0.25) is 9.59 Å². The van der Waals surface area contributed by atoms with Crippen LogP contribution in [0.3, 0.4) is 0 Å². The predicted octanol–water partition coefficient (Wildman–Crippen LogP) is 4.68. The Morgan fingerprint density at radius 1 is 1.09 bits per heavy atom. The Labute approximate surface area is 137 Å². The monoisotopic (exact) mass is 327 g/mol. The number of aryl methyl sites for hydroxylation is 2. The summed E-state index contributed by atoms with van der Waals surface area (Å²) in [5.74, 6) is -0.846. The van der Waals surface area contributed by atoms with Crippen molar-refractivity contribution in [2.75, 3.05) is 4.90 Å². The Hall–Kier alpha value is -2.40. The molecule has 0 aromatic heterocycles. The van der Waals surface area contributed by atoms with Gasteiger partial charge in [0, 0.05) is 5.56 Å². The van der Waals surface area contributed by atoms with E-state index >= 15 is 0 Å². The van der Waals surface area contributed by atoms with Crippen LogP contribution in [0.5, 0.6) is 0 Å². The highest BCUT2D eigenvalue weighted by Crippen LogP contribution is 2.37. The third kappa shape index (κ3) is 2.92. The number of carbonyl (C=O) groups is 2. The second-order valence-corrected chi connectivity index (χ2v) is 6.32. The minimum Gasteiger partial charge on any atom is -0.268 e. The Bertz CT molecular complexity index is 845. The molecular weight excluding hydrogens is 313 g/mol. The summed E-state index contributed by atoms with van der Waals surface area (Å²) in [5.41, 5.74) is 2.76. The highest BCUT2D eigenvalue weighted by Gasteiger charge is 2.37. The molecule has 0 aliphatic carbocycles. The van der Waals surface area contributed by atoms with Crippen LogP contribution in [-0.4, -0.2) is 11.1 Å². The van der Waals surface area contributed by atoms with Gasteiger partial charge < -0.3 is 0 Å². The molecule has 5 heteroatoms.